The summed E-state index contributed by atoms with van der Waals surface area (Å²) in [6, 6.07) is 18.9. The Labute approximate surface area is 212 Å². The minimum atomic E-state index is -0.612. The van der Waals surface area contributed by atoms with Gasteiger partial charge in [0.1, 0.15) is 18.9 Å². The number of rotatable bonds is 8. The average Bonchev–Trinajstić information content (AvgIpc) is 3.10. The number of ether oxygens (including phenoxy) is 2. The van der Waals surface area contributed by atoms with Crippen molar-refractivity contribution in [3.05, 3.63) is 81.7 Å². The van der Waals surface area contributed by atoms with Gasteiger partial charge in [-0.15, -0.1) is 0 Å². The number of carbonyl (C=O) groups is 3. The number of fused-ring (bicyclic) bond motifs is 1. The summed E-state index contributed by atoms with van der Waals surface area (Å²) in [6.45, 7) is 3.94. The highest BCUT2D eigenvalue weighted by Gasteiger charge is 2.37. The van der Waals surface area contributed by atoms with Gasteiger partial charge >= 0.3 is 5.97 Å². The van der Waals surface area contributed by atoms with Crippen molar-refractivity contribution in [2.45, 2.75) is 20.5 Å². The number of carbonyl (C=O) groups excluding carboxylic acids is 3. The zero-order chi connectivity index (χ0) is 24.9. The molecule has 0 unspecified atom stereocenters. The van der Waals surface area contributed by atoms with Crippen LogP contribution >= 0.6 is 23.4 Å². The summed E-state index contributed by atoms with van der Waals surface area (Å²) < 4.78 is 11.2. The van der Waals surface area contributed by atoms with Crippen LogP contribution in [0.5, 0.6) is 5.75 Å². The Morgan fingerprint density at radius 1 is 1.06 bits per heavy atom. The number of thioether (sulfide) groups is 1. The molecule has 3 aromatic rings. The second-order valence-corrected chi connectivity index (χ2v) is 9.89. The van der Waals surface area contributed by atoms with Gasteiger partial charge < -0.3 is 9.47 Å². The van der Waals surface area contributed by atoms with Gasteiger partial charge in [-0.3, -0.25) is 19.3 Å². The topological polar surface area (TPSA) is 72.9 Å². The third-order valence-corrected chi connectivity index (χ3v) is 6.41. The summed E-state index contributed by atoms with van der Waals surface area (Å²) in [6.07, 6.45) is 1.66. The molecule has 1 fully saturated rings. The maximum atomic E-state index is 13.0. The van der Waals surface area contributed by atoms with Gasteiger partial charge in [0.05, 0.1) is 11.5 Å². The van der Waals surface area contributed by atoms with Crippen molar-refractivity contribution in [1.82, 2.24) is 4.90 Å². The van der Waals surface area contributed by atoms with E-state index in [2.05, 4.69) is 0 Å². The maximum Gasteiger partial charge on any atom is 0.326 e. The molecule has 180 valence electrons. The van der Waals surface area contributed by atoms with Gasteiger partial charge in [0.2, 0.25) is 0 Å². The lowest BCUT2D eigenvalue weighted by Crippen LogP contribution is -2.34. The minimum absolute atomic E-state index is 0.159. The summed E-state index contributed by atoms with van der Waals surface area (Å²) in [4.78, 5) is 38.8. The monoisotopic (exact) mass is 509 g/mol. The zero-order valence-corrected chi connectivity index (χ0v) is 20.9. The van der Waals surface area contributed by atoms with Gasteiger partial charge in [0.25, 0.3) is 11.1 Å². The molecule has 8 heteroatoms. The Morgan fingerprint density at radius 2 is 1.80 bits per heavy atom. The average molecular weight is 510 g/mol. The van der Waals surface area contributed by atoms with Gasteiger partial charge in [-0.1, -0.05) is 67.9 Å². The lowest BCUT2D eigenvalue weighted by atomic mass is 10.0. The van der Waals surface area contributed by atoms with Crippen molar-refractivity contribution in [3.8, 4) is 5.75 Å². The van der Waals surface area contributed by atoms with Crippen LogP contribution in [0.3, 0.4) is 0 Å². The highest BCUT2D eigenvalue weighted by Crippen LogP contribution is 2.37. The van der Waals surface area contributed by atoms with E-state index in [9.17, 15) is 14.4 Å². The molecule has 0 spiro atoms. The van der Waals surface area contributed by atoms with E-state index in [0.29, 0.717) is 22.9 Å². The number of nitrogens with zero attached hydrogens (tertiary/aromatic N) is 1. The third kappa shape index (κ3) is 6.05. The van der Waals surface area contributed by atoms with Gasteiger partial charge in [0, 0.05) is 10.6 Å². The minimum Gasteiger partial charge on any atom is -0.488 e. The molecule has 0 aromatic heterocycles. The van der Waals surface area contributed by atoms with Gasteiger partial charge in [-0.05, 0) is 58.3 Å². The molecular weight excluding hydrogens is 486 g/mol. The van der Waals surface area contributed by atoms with Crippen LogP contribution in [0.2, 0.25) is 5.02 Å². The summed E-state index contributed by atoms with van der Waals surface area (Å²) >= 11 is 6.77. The fourth-order valence-electron chi connectivity index (χ4n) is 3.49. The van der Waals surface area contributed by atoms with Gasteiger partial charge in [-0.25, -0.2) is 0 Å². The van der Waals surface area contributed by atoms with Crippen molar-refractivity contribution in [2.75, 3.05) is 13.2 Å². The largest absolute Gasteiger partial charge is 0.488 e. The SMILES string of the molecule is CC(C)COC(=O)CN1C(=O)S/C(=C/c2c(OCc3ccc(Cl)cc3)ccc3ccccc23)C1=O. The van der Waals surface area contributed by atoms with Crippen LogP contribution in [0.15, 0.2) is 65.6 Å². The van der Waals surface area contributed by atoms with E-state index in [4.69, 9.17) is 21.1 Å². The predicted octanol–water partition coefficient (Wildman–Crippen LogP) is 6.31. The quantitative estimate of drug-likeness (QED) is 0.262. The van der Waals surface area contributed by atoms with Gasteiger partial charge in [0.15, 0.2) is 0 Å². The van der Waals surface area contributed by atoms with Crippen molar-refractivity contribution in [2.24, 2.45) is 5.92 Å². The molecule has 1 aliphatic heterocycles. The molecule has 0 aliphatic carbocycles. The first-order valence-electron chi connectivity index (χ1n) is 11.1. The summed E-state index contributed by atoms with van der Waals surface area (Å²) in [5.41, 5.74) is 1.62. The Morgan fingerprint density at radius 3 is 2.54 bits per heavy atom. The van der Waals surface area contributed by atoms with E-state index in [1.54, 1.807) is 18.2 Å². The fraction of sp³-hybridized carbons (Fsp3) is 0.222. The number of halogens is 1. The normalized spacial score (nSPS) is 14.9. The Kier molecular flexibility index (Phi) is 7.78. The summed E-state index contributed by atoms with van der Waals surface area (Å²) in [5, 5.41) is 1.98. The fourth-order valence-corrected chi connectivity index (χ4v) is 4.44. The molecule has 0 atom stereocenters. The molecule has 1 aliphatic rings. The van der Waals surface area contributed by atoms with Gasteiger partial charge in [-0.2, -0.15) is 0 Å². The molecule has 2 amide bonds. The van der Waals surface area contributed by atoms with E-state index in [1.807, 2.05) is 62.4 Å². The number of esters is 1. The van der Waals surface area contributed by atoms with Crippen LogP contribution in [0.4, 0.5) is 4.79 Å². The molecule has 0 bridgehead atoms. The molecule has 3 aromatic carbocycles. The van der Waals surface area contributed by atoms with Crippen LogP contribution in [0, 0.1) is 5.92 Å². The van der Waals surface area contributed by atoms with Crippen molar-refractivity contribution < 1.29 is 23.9 Å². The highest BCUT2D eigenvalue weighted by atomic mass is 35.5. The highest BCUT2D eigenvalue weighted by molar-refractivity contribution is 8.18. The maximum absolute atomic E-state index is 13.0. The number of amides is 2. The molecular formula is C27H24ClNO5S. The Hall–Kier alpha value is -3.29. The molecule has 35 heavy (non-hydrogen) atoms. The molecule has 4 rings (SSSR count). The first-order chi connectivity index (χ1) is 16.8. The molecule has 1 heterocycles. The first-order valence-corrected chi connectivity index (χ1v) is 12.3. The van der Waals surface area contributed by atoms with E-state index in [1.165, 1.54) is 0 Å². The molecule has 6 nitrogen and oxygen atoms in total. The van der Waals surface area contributed by atoms with E-state index < -0.39 is 23.7 Å². The van der Waals surface area contributed by atoms with Crippen LogP contribution in [-0.4, -0.2) is 35.2 Å². The van der Waals surface area contributed by atoms with Crippen molar-refractivity contribution >= 4 is 57.3 Å². The Bertz CT molecular complexity index is 1300. The lowest BCUT2D eigenvalue weighted by Gasteiger charge is -2.14. The molecule has 1 saturated heterocycles. The predicted molar refractivity (Wildman–Crippen MR) is 138 cm³/mol. The number of hydrogen-bond donors (Lipinski definition) is 0. The van der Waals surface area contributed by atoms with Crippen LogP contribution in [0.1, 0.15) is 25.0 Å². The van der Waals surface area contributed by atoms with E-state index >= 15 is 0 Å². The van der Waals surface area contributed by atoms with Crippen LogP contribution in [0.25, 0.3) is 16.8 Å². The second-order valence-electron chi connectivity index (χ2n) is 8.46. The van der Waals surface area contributed by atoms with E-state index in [0.717, 1.165) is 33.0 Å². The van der Waals surface area contributed by atoms with E-state index in [-0.39, 0.29) is 17.4 Å². The Balaban J connectivity index is 1.61. The van der Waals surface area contributed by atoms with Crippen molar-refractivity contribution in [3.63, 3.8) is 0 Å². The smallest absolute Gasteiger partial charge is 0.326 e. The van der Waals surface area contributed by atoms with Crippen LogP contribution in [-0.2, 0) is 20.9 Å². The third-order valence-electron chi connectivity index (χ3n) is 5.25. The summed E-state index contributed by atoms with van der Waals surface area (Å²) in [5.74, 6) is -0.411. The molecule has 0 radical (unpaired) electrons. The van der Waals surface area contributed by atoms with Crippen molar-refractivity contribution in [1.29, 1.82) is 0 Å². The first kappa shape index (κ1) is 24.8. The van der Waals surface area contributed by atoms with Crippen LogP contribution < -0.4 is 4.74 Å². The number of hydrogen-bond acceptors (Lipinski definition) is 6. The standard InChI is InChI=1S/C27H24ClNO5S/c1-17(2)15-34-25(30)14-29-26(31)24(35-27(29)32)13-22-21-6-4-3-5-19(21)9-12-23(22)33-16-18-7-10-20(28)11-8-18/h3-13,17H,14-16H2,1-2H3/b24-13+. The number of benzene rings is 3. The zero-order valence-electron chi connectivity index (χ0n) is 19.3. The lowest BCUT2D eigenvalue weighted by molar-refractivity contribution is -0.147. The molecule has 0 N–H and O–H groups in total. The number of imide groups is 1. The summed E-state index contributed by atoms with van der Waals surface area (Å²) in [7, 11) is 0. The molecule has 0 saturated carbocycles. The second kappa shape index (κ2) is 11.0.